The lowest BCUT2D eigenvalue weighted by Gasteiger charge is -2.29. The zero-order valence-corrected chi connectivity index (χ0v) is 14.8. The van der Waals surface area contributed by atoms with Gasteiger partial charge in [0.05, 0.1) is 27.2 Å². The summed E-state index contributed by atoms with van der Waals surface area (Å²) in [6, 6.07) is 5.27. The Balaban J connectivity index is 1.75. The van der Waals surface area contributed by atoms with E-state index < -0.39 is 5.97 Å². The molecule has 2 aromatic rings. The van der Waals surface area contributed by atoms with E-state index in [0.29, 0.717) is 40.9 Å². The molecule has 128 valence electrons. The van der Waals surface area contributed by atoms with Crippen LogP contribution >= 0.6 is 23.2 Å². The number of hydrogen-bond donors (Lipinski definition) is 1. The van der Waals surface area contributed by atoms with Gasteiger partial charge in [-0.2, -0.15) is 0 Å². The fourth-order valence-corrected chi connectivity index (χ4v) is 3.49. The number of rotatable bonds is 4. The molecule has 0 atom stereocenters. The maximum Gasteiger partial charge on any atom is 0.306 e. The lowest BCUT2D eigenvalue weighted by molar-refractivity contribution is -0.143. The van der Waals surface area contributed by atoms with Crippen molar-refractivity contribution in [1.82, 2.24) is 9.88 Å². The summed E-state index contributed by atoms with van der Waals surface area (Å²) in [6.45, 7) is 3.97. The monoisotopic (exact) mass is 368 g/mol. The van der Waals surface area contributed by atoms with Crippen molar-refractivity contribution in [2.45, 2.75) is 26.3 Å². The summed E-state index contributed by atoms with van der Waals surface area (Å²) < 4.78 is 5.76. The molecule has 5 nitrogen and oxygen atoms in total. The van der Waals surface area contributed by atoms with Crippen molar-refractivity contribution in [2.24, 2.45) is 5.92 Å². The Morgan fingerprint density at radius 3 is 2.54 bits per heavy atom. The van der Waals surface area contributed by atoms with Crippen molar-refractivity contribution in [3.8, 4) is 11.5 Å². The second-order valence-corrected chi connectivity index (χ2v) is 6.82. The van der Waals surface area contributed by atoms with E-state index >= 15 is 0 Å². The van der Waals surface area contributed by atoms with E-state index in [1.807, 2.05) is 6.92 Å². The average Bonchev–Trinajstić information content (AvgIpc) is 2.88. The van der Waals surface area contributed by atoms with E-state index in [1.165, 1.54) is 0 Å². The Kier molecular flexibility index (Phi) is 5.13. The van der Waals surface area contributed by atoms with Gasteiger partial charge in [0.15, 0.2) is 0 Å². The Morgan fingerprint density at radius 2 is 1.96 bits per heavy atom. The average molecular weight is 369 g/mol. The molecule has 0 radical (unpaired) electrons. The van der Waals surface area contributed by atoms with Crippen LogP contribution in [-0.2, 0) is 11.3 Å². The second kappa shape index (κ2) is 7.13. The van der Waals surface area contributed by atoms with Gasteiger partial charge < -0.3 is 9.52 Å². The van der Waals surface area contributed by atoms with Crippen LogP contribution in [0.2, 0.25) is 10.0 Å². The summed E-state index contributed by atoms with van der Waals surface area (Å²) >= 11 is 12.4. The highest BCUT2D eigenvalue weighted by Gasteiger charge is 2.26. The lowest BCUT2D eigenvalue weighted by Crippen LogP contribution is -2.36. The third-order valence-corrected chi connectivity index (χ3v) is 5.01. The van der Waals surface area contributed by atoms with Crippen LogP contribution in [0.3, 0.4) is 0 Å². The molecular formula is C17H18Cl2N2O3. The van der Waals surface area contributed by atoms with Crippen molar-refractivity contribution in [3.63, 3.8) is 0 Å². The molecule has 0 unspecified atom stereocenters. The van der Waals surface area contributed by atoms with Crippen molar-refractivity contribution >= 4 is 29.2 Å². The third-order valence-electron chi connectivity index (χ3n) is 4.38. The molecule has 3 rings (SSSR count). The van der Waals surface area contributed by atoms with Gasteiger partial charge in [-0.05, 0) is 45.0 Å². The smallest absolute Gasteiger partial charge is 0.306 e. The highest BCUT2D eigenvalue weighted by molar-refractivity contribution is 6.38. The van der Waals surface area contributed by atoms with Crippen LogP contribution in [0.1, 0.15) is 24.3 Å². The number of hydrogen-bond acceptors (Lipinski definition) is 4. The number of aryl methyl sites for hydroxylation is 1. The molecule has 0 aliphatic carbocycles. The van der Waals surface area contributed by atoms with Crippen molar-refractivity contribution in [2.75, 3.05) is 13.1 Å². The lowest BCUT2D eigenvalue weighted by atomic mass is 9.97. The number of carbonyl (C=O) groups is 1. The molecule has 1 aromatic heterocycles. The van der Waals surface area contributed by atoms with Gasteiger partial charge in [-0.15, -0.1) is 0 Å². The van der Waals surface area contributed by atoms with Crippen molar-refractivity contribution in [1.29, 1.82) is 0 Å². The molecule has 0 bridgehead atoms. The fourth-order valence-electron chi connectivity index (χ4n) is 2.93. The van der Waals surface area contributed by atoms with Gasteiger partial charge in [-0.1, -0.05) is 29.3 Å². The topological polar surface area (TPSA) is 66.6 Å². The first-order chi connectivity index (χ1) is 11.5. The van der Waals surface area contributed by atoms with Crippen LogP contribution in [0.25, 0.3) is 11.5 Å². The number of halogens is 2. The maximum atomic E-state index is 11.0. The van der Waals surface area contributed by atoms with Crippen molar-refractivity contribution < 1.29 is 14.3 Å². The first-order valence-corrected chi connectivity index (χ1v) is 8.57. The quantitative estimate of drug-likeness (QED) is 0.873. The fraction of sp³-hybridized carbons (Fsp3) is 0.412. The molecule has 1 N–H and O–H groups in total. The molecule has 1 aliphatic heterocycles. The Bertz CT molecular complexity index is 732. The summed E-state index contributed by atoms with van der Waals surface area (Å²) in [4.78, 5) is 17.8. The molecule has 24 heavy (non-hydrogen) atoms. The molecular weight excluding hydrogens is 351 g/mol. The van der Waals surface area contributed by atoms with Crippen LogP contribution in [0, 0.1) is 12.8 Å². The Labute approximate surface area is 150 Å². The Hall–Kier alpha value is -1.56. The van der Waals surface area contributed by atoms with E-state index in [-0.39, 0.29) is 5.92 Å². The summed E-state index contributed by atoms with van der Waals surface area (Å²) in [5.74, 6) is 0.194. The number of benzene rings is 1. The van der Waals surface area contributed by atoms with E-state index in [4.69, 9.17) is 32.7 Å². The normalized spacial score (nSPS) is 16.5. The SMILES string of the molecule is Cc1oc(-c2c(Cl)cccc2Cl)nc1CN1CCC(C(=O)O)CC1. The summed E-state index contributed by atoms with van der Waals surface area (Å²) in [7, 11) is 0. The molecule has 1 fully saturated rings. The first-order valence-electron chi connectivity index (χ1n) is 7.81. The number of carboxylic acids is 1. The summed E-state index contributed by atoms with van der Waals surface area (Å²) in [5.41, 5.74) is 1.43. The van der Waals surface area contributed by atoms with Gasteiger partial charge in [-0.3, -0.25) is 9.69 Å². The van der Waals surface area contributed by atoms with E-state index in [2.05, 4.69) is 9.88 Å². The van der Waals surface area contributed by atoms with E-state index in [9.17, 15) is 4.79 Å². The molecule has 7 heteroatoms. The van der Waals surface area contributed by atoms with Gasteiger partial charge in [0, 0.05) is 6.54 Å². The first kappa shape index (κ1) is 17.3. The minimum atomic E-state index is -0.706. The number of aromatic nitrogens is 1. The number of piperidine rings is 1. The van der Waals surface area contributed by atoms with Crippen LogP contribution < -0.4 is 0 Å². The number of likely N-dealkylation sites (tertiary alicyclic amines) is 1. The van der Waals surface area contributed by atoms with Gasteiger partial charge in [0.1, 0.15) is 5.76 Å². The van der Waals surface area contributed by atoms with Gasteiger partial charge >= 0.3 is 5.97 Å². The largest absolute Gasteiger partial charge is 0.481 e. The summed E-state index contributed by atoms with van der Waals surface area (Å²) in [6.07, 6.45) is 1.32. The Morgan fingerprint density at radius 1 is 1.33 bits per heavy atom. The molecule has 0 amide bonds. The van der Waals surface area contributed by atoms with Crippen LogP contribution in [-0.4, -0.2) is 34.0 Å². The zero-order valence-electron chi connectivity index (χ0n) is 13.3. The van der Waals surface area contributed by atoms with Gasteiger partial charge in [-0.25, -0.2) is 4.98 Å². The second-order valence-electron chi connectivity index (χ2n) is 6.01. The predicted octanol–water partition coefficient (Wildman–Crippen LogP) is 4.25. The zero-order chi connectivity index (χ0) is 17.3. The van der Waals surface area contributed by atoms with Gasteiger partial charge in [0.2, 0.25) is 5.89 Å². The minimum Gasteiger partial charge on any atom is -0.481 e. The maximum absolute atomic E-state index is 11.0. The number of oxazole rings is 1. The van der Waals surface area contributed by atoms with Crippen LogP contribution in [0.5, 0.6) is 0 Å². The molecule has 1 aromatic carbocycles. The van der Waals surface area contributed by atoms with Gasteiger partial charge in [0.25, 0.3) is 0 Å². The summed E-state index contributed by atoms with van der Waals surface area (Å²) in [5, 5.41) is 10.1. The molecule has 2 heterocycles. The number of carboxylic acid groups (broad SMARTS) is 1. The molecule has 0 saturated carbocycles. The number of aliphatic carboxylic acids is 1. The van der Waals surface area contributed by atoms with E-state index in [0.717, 1.165) is 24.5 Å². The van der Waals surface area contributed by atoms with E-state index in [1.54, 1.807) is 18.2 Å². The van der Waals surface area contributed by atoms with Crippen LogP contribution in [0.15, 0.2) is 22.6 Å². The third kappa shape index (κ3) is 3.58. The highest BCUT2D eigenvalue weighted by Crippen LogP contribution is 2.35. The standard InChI is InChI=1S/C17H18Cl2N2O3/c1-10-14(9-21-7-5-11(6-8-21)17(22)23)20-16(24-10)15-12(18)3-2-4-13(15)19/h2-4,11H,5-9H2,1H3,(H,22,23). The highest BCUT2D eigenvalue weighted by atomic mass is 35.5. The van der Waals surface area contributed by atoms with Crippen molar-refractivity contribution in [3.05, 3.63) is 39.7 Å². The number of nitrogens with zero attached hydrogens (tertiary/aromatic N) is 2. The van der Waals surface area contributed by atoms with Crippen LogP contribution in [0.4, 0.5) is 0 Å². The predicted molar refractivity (Wildman–Crippen MR) is 92.3 cm³/mol. The minimum absolute atomic E-state index is 0.239. The molecule has 0 spiro atoms. The molecule has 1 aliphatic rings. The molecule has 1 saturated heterocycles.